The van der Waals surface area contributed by atoms with Gasteiger partial charge in [0, 0.05) is 19.4 Å². The van der Waals surface area contributed by atoms with Crippen LogP contribution in [0.3, 0.4) is 0 Å². The quantitative estimate of drug-likeness (QED) is 0.0212. The molecule has 1 unspecified atom stereocenters. The summed E-state index contributed by atoms with van der Waals surface area (Å²) in [4.78, 5) is 34.7. The van der Waals surface area contributed by atoms with Crippen LogP contribution in [0.25, 0.3) is 0 Å². The summed E-state index contributed by atoms with van der Waals surface area (Å²) in [5.41, 5.74) is 5.32. The molecule has 0 aromatic carbocycles. The normalized spacial score (nSPS) is 14.8. The van der Waals surface area contributed by atoms with Crippen molar-refractivity contribution in [1.82, 2.24) is 0 Å². The standard InChI is InChI=1S/C37H72NO10P/c1-3-5-7-9-11-12-13-14-15-19-24-28-37(42)48-33(32-47-49(43,44)46-30-29-38)31-45-36(41)27-23-20-16-18-22-26-35(40)34(39)25-21-17-10-8-6-4-2/h17,21,33-35,39-40H,3-16,18-20,22-32,38H2,1-2H3,(H,43,44)/b21-17-/t33-,34-,35-/m1/s1. The smallest absolute Gasteiger partial charge is 0.462 e. The zero-order chi connectivity index (χ0) is 36.4. The third kappa shape index (κ3) is 32.3. The summed E-state index contributed by atoms with van der Waals surface area (Å²) in [5, 5.41) is 20.4. The highest BCUT2D eigenvalue weighted by Gasteiger charge is 2.26. The van der Waals surface area contributed by atoms with Crippen molar-refractivity contribution in [3.05, 3.63) is 12.2 Å². The number of hydrogen-bond donors (Lipinski definition) is 4. The number of esters is 2. The molecule has 0 aromatic heterocycles. The first-order valence-corrected chi connectivity index (χ1v) is 20.8. The van der Waals surface area contributed by atoms with Crippen LogP contribution in [-0.2, 0) is 32.7 Å². The van der Waals surface area contributed by atoms with E-state index >= 15 is 0 Å². The van der Waals surface area contributed by atoms with Crippen LogP contribution in [0.1, 0.15) is 168 Å². The third-order valence-electron chi connectivity index (χ3n) is 8.35. The van der Waals surface area contributed by atoms with E-state index in [1.165, 1.54) is 57.8 Å². The summed E-state index contributed by atoms with van der Waals surface area (Å²) >= 11 is 0. The number of phosphoric ester groups is 1. The number of carbonyl (C=O) groups is 2. The van der Waals surface area contributed by atoms with Crippen LogP contribution in [0, 0.1) is 0 Å². The number of unbranched alkanes of at least 4 members (excludes halogenated alkanes) is 17. The molecule has 0 aliphatic heterocycles. The fraction of sp³-hybridized carbons (Fsp3) is 0.892. The zero-order valence-corrected chi connectivity index (χ0v) is 31.8. The Hall–Kier alpha value is -1.33. The first-order valence-electron chi connectivity index (χ1n) is 19.3. The first kappa shape index (κ1) is 47.7. The van der Waals surface area contributed by atoms with Crippen molar-refractivity contribution in [2.45, 2.75) is 186 Å². The largest absolute Gasteiger partial charge is 0.472 e. The van der Waals surface area contributed by atoms with Gasteiger partial charge in [-0.3, -0.25) is 18.6 Å². The van der Waals surface area contributed by atoms with Crippen LogP contribution in [0.2, 0.25) is 0 Å². The van der Waals surface area contributed by atoms with Gasteiger partial charge in [0.15, 0.2) is 6.10 Å². The van der Waals surface area contributed by atoms with Crippen LogP contribution < -0.4 is 5.73 Å². The minimum Gasteiger partial charge on any atom is -0.462 e. The van der Waals surface area contributed by atoms with Crippen molar-refractivity contribution >= 4 is 19.8 Å². The molecule has 0 amide bonds. The highest BCUT2D eigenvalue weighted by atomic mass is 31.2. The molecule has 0 aromatic rings. The molecule has 12 heteroatoms. The van der Waals surface area contributed by atoms with Gasteiger partial charge < -0.3 is 30.3 Å². The molecule has 0 bridgehead atoms. The van der Waals surface area contributed by atoms with Crippen LogP contribution >= 0.6 is 7.82 Å². The van der Waals surface area contributed by atoms with E-state index in [2.05, 4.69) is 19.9 Å². The average Bonchev–Trinajstić information content (AvgIpc) is 3.08. The number of hydrogen-bond acceptors (Lipinski definition) is 10. The molecule has 11 nitrogen and oxygen atoms in total. The van der Waals surface area contributed by atoms with Gasteiger partial charge in [-0.1, -0.05) is 129 Å². The Bertz CT molecular complexity index is 859. The number of phosphoric acid groups is 1. The second-order valence-corrected chi connectivity index (χ2v) is 14.6. The Labute approximate surface area is 297 Å². The predicted octanol–water partition coefficient (Wildman–Crippen LogP) is 8.21. The van der Waals surface area contributed by atoms with Crippen LogP contribution in [0.15, 0.2) is 12.2 Å². The van der Waals surface area contributed by atoms with Crippen molar-refractivity contribution in [2.75, 3.05) is 26.4 Å². The molecular weight excluding hydrogens is 649 g/mol. The molecule has 5 N–H and O–H groups in total. The van der Waals surface area contributed by atoms with E-state index in [0.717, 1.165) is 57.8 Å². The second kappa shape index (κ2) is 33.8. The van der Waals surface area contributed by atoms with Crippen LogP contribution in [0.5, 0.6) is 0 Å². The van der Waals surface area contributed by atoms with Gasteiger partial charge in [0.25, 0.3) is 0 Å². The van der Waals surface area contributed by atoms with E-state index in [4.69, 9.17) is 24.3 Å². The highest BCUT2D eigenvalue weighted by molar-refractivity contribution is 7.47. The number of carbonyl (C=O) groups excluding carboxylic acids is 2. The summed E-state index contributed by atoms with van der Waals surface area (Å²) < 4.78 is 32.5. The average molecular weight is 722 g/mol. The Balaban J connectivity index is 4.32. The molecule has 290 valence electrons. The van der Waals surface area contributed by atoms with Crippen molar-refractivity contribution in [1.29, 1.82) is 0 Å². The summed E-state index contributed by atoms with van der Waals surface area (Å²) in [5.74, 6) is -0.938. The molecule has 0 saturated carbocycles. The monoisotopic (exact) mass is 721 g/mol. The molecule has 0 radical (unpaired) electrons. The molecule has 0 saturated heterocycles. The van der Waals surface area contributed by atoms with Crippen LogP contribution in [0.4, 0.5) is 0 Å². The third-order valence-corrected chi connectivity index (χ3v) is 9.34. The lowest BCUT2D eigenvalue weighted by molar-refractivity contribution is -0.161. The molecule has 0 aliphatic rings. The number of ether oxygens (including phenoxy) is 2. The number of nitrogens with two attached hydrogens (primary N) is 1. The van der Waals surface area contributed by atoms with Crippen molar-refractivity contribution < 1.29 is 47.8 Å². The van der Waals surface area contributed by atoms with Gasteiger partial charge in [-0.15, -0.1) is 0 Å². The lowest BCUT2D eigenvalue weighted by atomic mass is 10.0. The van der Waals surface area contributed by atoms with Gasteiger partial charge in [0.1, 0.15) is 6.61 Å². The van der Waals surface area contributed by atoms with E-state index in [9.17, 15) is 29.3 Å². The van der Waals surface area contributed by atoms with Crippen molar-refractivity contribution in [3.8, 4) is 0 Å². The maximum Gasteiger partial charge on any atom is 0.472 e. The molecule has 0 heterocycles. The lowest BCUT2D eigenvalue weighted by Crippen LogP contribution is -2.29. The number of allylic oxidation sites excluding steroid dienone is 1. The van der Waals surface area contributed by atoms with Gasteiger partial charge >= 0.3 is 19.8 Å². The Morgan fingerprint density at radius 2 is 1.20 bits per heavy atom. The molecule has 0 fully saturated rings. The Kier molecular flexibility index (Phi) is 32.9. The first-order chi connectivity index (χ1) is 23.6. The van der Waals surface area contributed by atoms with Crippen molar-refractivity contribution in [3.63, 3.8) is 0 Å². The predicted molar refractivity (Wildman–Crippen MR) is 195 cm³/mol. The maximum atomic E-state index is 12.5. The van der Waals surface area contributed by atoms with Gasteiger partial charge in [-0.25, -0.2) is 4.57 Å². The van der Waals surface area contributed by atoms with E-state index < -0.39 is 44.7 Å². The molecule has 0 spiro atoms. The Morgan fingerprint density at radius 3 is 1.80 bits per heavy atom. The zero-order valence-electron chi connectivity index (χ0n) is 30.9. The van der Waals surface area contributed by atoms with Gasteiger partial charge in [-0.05, 0) is 38.5 Å². The fourth-order valence-electron chi connectivity index (χ4n) is 5.30. The van der Waals surface area contributed by atoms with Gasteiger partial charge in [0.05, 0.1) is 25.4 Å². The molecule has 49 heavy (non-hydrogen) atoms. The lowest BCUT2D eigenvalue weighted by Gasteiger charge is -2.20. The molecule has 0 aliphatic carbocycles. The SMILES string of the molecule is CCCCC/C=C\C[C@@H](O)[C@H](O)CCCCCCCC(=O)OC[C@H](COP(=O)(O)OCCN)OC(=O)CCCCCCCCCCCCC. The van der Waals surface area contributed by atoms with Gasteiger partial charge in [-0.2, -0.15) is 0 Å². The summed E-state index contributed by atoms with van der Waals surface area (Å²) in [7, 11) is -4.40. The Morgan fingerprint density at radius 1 is 0.673 bits per heavy atom. The van der Waals surface area contributed by atoms with E-state index in [1.54, 1.807) is 0 Å². The van der Waals surface area contributed by atoms with E-state index in [1.807, 2.05) is 6.08 Å². The minimum atomic E-state index is -4.40. The van der Waals surface area contributed by atoms with Crippen molar-refractivity contribution in [2.24, 2.45) is 5.73 Å². The fourth-order valence-corrected chi connectivity index (χ4v) is 6.07. The molecule has 0 rings (SSSR count). The number of rotatable bonds is 36. The summed E-state index contributed by atoms with van der Waals surface area (Å²) in [6.45, 7) is 3.48. The molecular formula is C37H72NO10P. The number of aliphatic hydroxyl groups is 2. The molecule has 4 atom stereocenters. The minimum absolute atomic E-state index is 0.0328. The highest BCUT2D eigenvalue weighted by Crippen LogP contribution is 2.43. The van der Waals surface area contributed by atoms with Crippen LogP contribution in [-0.4, -0.2) is 71.7 Å². The van der Waals surface area contributed by atoms with E-state index in [0.29, 0.717) is 25.7 Å². The maximum absolute atomic E-state index is 12.5. The second-order valence-electron chi connectivity index (χ2n) is 13.1. The van der Waals surface area contributed by atoms with E-state index in [-0.39, 0.29) is 32.6 Å². The number of aliphatic hydroxyl groups excluding tert-OH is 2. The topological polar surface area (TPSA) is 175 Å². The summed E-state index contributed by atoms with van der Waals surface area (Å²) in [6, 6.07) is 0. The summed E-state index contributed by atoms with van der Waals surface area (Å²) in [6.07, 6.45) is 24.1. The van der Waals surface area contributed by atoms with Gasteiger partial charge in [0.2, 0.25) is 0 Å².